The number of carboxylic acid groups (broad SMARTS) is 1. The molecule has 4 bridgehead atoms. The van der Waals surface area contributed by atoms with Crippen LogP contribution in [0.4, 0.5) is 4.39 Å². The molecule has 3 aromatic heterocycles. The Morgan fingerprint density at radius 1 is 0.984 bits per heavy atom. The second-order valence-electron chi connectivity index (χ2n) is 14.4. The van der Waals surface area contributed by atoms with E-state index in [0.29, 0.717) is 82.8 Å². The first-order valence-electron chi connectivity index (χ1n) is 19.6. The van der Waals surface area contributed by atoms with Gasteiger partial charge in [0.05, 0.1) is 47.0 Å². The molecule has 1 N–H and O–H groups in total. The number of aliphatic carboxylic acids is 1. The van der Waals surface area contributed by atoms with Gasteiger partial charge in [-0.05, 0) is 84.6 Å². The van der Waals surface area contributed by atoms with E-state index in [1.165, 1.54) is 29.8 Å². The number of thiophene rings is 1. The lowest BCUT2D eigenvalue weighted by atomic mass is 9.92. The smallest absolute Gasteiger partial charge is 0.345 e. The summed E-state index contributed by atoms with van der Waals surface area (Å²) in [4.78, 5) is 32.7. The van der Waals surface area contributed by atoms with Crippen LogP contribution >= 0.6 is 34.5 Å². The number of aromatic nitrogens is 4. The van der Waals surface area contributed by atoms with Gasteiger partial charge < -0.3 is 33.5 Å². The van der Waals surface area contributed by atoms with Crippen molar-refractivity contribution >= 4 is 50.7 Å². The number of benzene rings is 4. The lowest BCUT2D eigenvalue weighted by Crippen LogP contribution is -2.31. The summed E-state index contributed by atoms with van der Waals surface area (Å²) in [6, 6.07) is 20.3. The molecule has 0 aliphatic carbocycles. The van der Waals surface area contributed by atoms with Crippen LogP contribution in [-0.4, -0.2) is 70.2 Å². The van der Waals surface area contributed by atoms with Crippen molar-refractivity contribution < 1.29 is 42.7 Å². The molecule has 0 amide bonds. The molecule has 63 heavy (non-hydrogen) atoms. The van der Waals surface area contributed by atoms with Gasteiger partial charge in [-0.15, -0.1) is 17.9 Å². The van der Waals surface area contributed by atoms with E-state index < -0.39 is 24.0 Å². The zero-order chi connectivity index (χ0) is 44.2. The maximum absolute atomic E-state index is 14.3. The Balaban J connectivity index is 1.26. The average Bonchev–Trinajstić information content (AvgIpc) is 3.68. The second-order valence-corrected chi connectivity index (χ2v) is 16.2. The molecule has 0 saturated carbocycles. The van der Waals surface area contributed by atoms with Crippen molar-refractivity contribution in [3.63, 3.8) is 0 Å². The van der Waals surface area contributed by atoms with Gasteiger partial charge in [0.1, 0.15) is 47.4 Å². The summed E-state index contributed by atoms with van der Waals surface area (Å²) >= 11 is 15.7. The van der Waals surface area contributed by atoms with Gasteiger partial charge in [-0.1, -0.05) is 53.5 Å². The van der Waals surface area contributed by atoms with Gasteiger partial charge in [-0.25, -0.2) is 29.1 Å². The summed E-state index contributed by atoms with van der Waals surface area (Å²) in [6.45, 7) is 7.74. The molecule has 0 unspecified atom stereocenters. The van der Waals surface area contributed by atoms with E-state index in [-0.39, 0.29) is 54.5 Å². The molecule has 4 aromatic carbocycles. The van der Waals surface area contributed by atoms with Crippen LogP contribution in [0.2, 0.25) is 10.0 Å². The lowest BCUT2D eigenvalue weighted by Gasteiger charge is -2.24. The summed E-state index contributed by atoms with van der Waals surface area (Å²) in [5, 5.41) is 11.7. The van der Waals surface area contributed by atoms with Crippen molar-refractivity contribution in [3.8, 4) is 61.8 Å². The fraction of sp³-hybridized carbons (Fsp3) is 0.213. The standard InChI is InChI=1S/C47H39Cl2FN4O8S/c1-5-18-58-22-32-23-59-31-14-15-34(60-21-30-16-17-51-44(54-30)33-8-6-7-9-35(33)57-4)28(19-31)20-36(47(55)56)62-45-39-38(37-25(2)40(48)42(61-32)41(49)26(37)3)43(63-46(39)53-24-52-45)27-10-12-29(50)13-11-27/h5-17,19,24,32,36H,1,18,20-23H2,2-4H3,(H,55,56)/t32-,36-/m1/s1. The maximum Gasteiger partial charge on any atom is 0.345 e. The number of fused-ring (bicyclic) bond motifs is 7. The monoisotopic (exact) mass is 908 g/mol. The highest BCUT2D eigenvalue weighted by Crippen LogP contribution is 2.53. The number of carboxylic acids is 1. The molecule has 5 heterocycles. The Morgan fingerprint density at radius 3 is 2.51 bits per heavy atom. The predicted molar refractivity (Wildman–Crippen MR) is 239 cm³/mol. The first kappa shape index (κ1) is 43.3. The minimum atomic E-state index is -1.49. The van der Waals surface area contributed by atoms with Gasteiger partial charge in [-0.3, -0.25) is 0 Å². The number of halogens is 3. The first-order chi connectivity index (χ1) is 30.5. The molecule has 322 valence electrons. The highest BCUT2D eigenvalue weighted by Gasteiger charge is 2.31. The summed E-state index contributed by atoms with van der Waals surface area (Å²) < 4.78 is 51.3. The van der Waals surface area contributed by atoms with Crippen LogP contribution in [0.25, 0.3) is 43.2 Å². The van der Waals surface area contributed by atoms with Crippen molar-refractivity contribution in [1.29, 1.82) is 0 Å². The van der Waals surface area contributed by atoms with E-state index in [2.05, 4.69) is 21.5 Å². The van der Waals surface area contributed by atoms with Crippen molar-refractivity contribution in [1.82, 2.24) is 19.9 Å². The van der Waals surface area contributed by atoms with Crippen LogP contribution in [0.15, 0.2) is 98.0 Å². The van der Waals surface area contributed by atoms with Crippen LogP contribution in [0, 0.1) is 19.7 Å². The zero-order valence-electron chi connectivity index (χ0n) is 34.2. The third kappa shape index (κ3) is 9.11. The highest BCUT2D eigenvalue weighted by atomic mass is 35.5. The molecule has 2 aliphatic rings. The molecule has 0 saturated heterocycles. The molecular weight excluding hydrogens is 871 g/mol. The lowest BCUT2D eigenvalue weighted by molar-refractivity contribution is -0.145. The number of methoxy groups -OCH3 is 1. The molecule has 7 aromatic rings. The van der Waals surface area contributed by atoms with Crippen LogP contribution in [-0.2, 0) is 22.6 Å². The zero-order valence-corrected chi connectivity index (χ0v) is 36.5. The van der Waals surface area contributed by atoms with Gasteiger partial charge in [0.25, 0.3) is 0 Å². The normalized spacial score (nSPS) is 14.9. The molecule has 0 fully saturated rings. The van der Waals surface area contributed by atoms with Gasteiger partial charge in [0.15, 0.2) is 17.7 Å². The summed E-state index contributed by atoms with van der Waals surface area (Å²) in [6.07, 6.45) is 2.17. The maximum atomic E-state index is 14.3. The largest absolute Gasteiger partial charge is 0.496 e. The number of hydrogen-bond acceptors (Lipinski definition) is 12. The van der Waals surface area contributed by atoms with Gasteiger partial charge in [-0.2, -0.15) is 0 Å². The van der Waals surface area contributed by atoms with Crippen LogP contribution in [0.1, 0.15) is 22.4 Å². The number of ether oxygens (including phenoxy) is 6. The van der Waals surface area contributed by atoms with Crippen molar-refractivity contribution in [2.75, 3.05) is 26.9 Å². The Kier molecular flexibility index (Phi) is 13.0. The second kappa shape index (κ2) is 19.0. The fourth-order valence-corrected chi connectivity index (χ4v) is 8.92. The van der Waals surface area contributed by atoms with Crippen molar-refractivity contribution in [2.45, 2.75) is 39.1 Å². The Hall–Kier alpha value is -6.32. The van der Waals surface area contributed by atoms with Gasteiger partial charge in [0.2, 0.25) is 12.0 Å². The van der Waals surface area contributed by atoms with Crippen LogP contribution in [0.3, 0.4) is 0 Å². The molecule has 2 atom stereocenters. The summed E-state index contributed by atoms with van der Waals surface area (Å²) in [5.41, 5.74) is 4.80. The van der Waals surface area contributed by atoms with Crippen molar-refractivity contribution in [3.05, 3.63) is 136 Å². The number of hydrogen-bond donors (Lipinski definition) is 1. The minimum Gasteiger partial charge on any atom is -0.496 e. The third-order valence-corrected chi connectivity index (χ3v) is 12.3. The minimum absolute atomic E-state index is 0.00172. The van der Waals surface area contributed by atoms with E-state index in [1.807, 2.05) is 38.1 Å². The Bertz CT molecular complexity index is 2810. The quantitative estimate of drug-likeness (QED) is 0.0974. The Labute approximate surface area is 375 Å². The molecule has 16 heteroatoms. The third-order valence-electron chi connectivity index (χ3n) is 10.3. The summed E-state index contributed by atoms with van der Waals surface area (Å²) in [5.74, 6) is 0.361. The van der Waals surface area contributed by atoms with Crippen LogP contribution in [0.5, 0.6) is 28.9 Å². The molecule has 9 rings (SSSR count). The molecule has 2 aliphatic heterocycles. The highest BCUT2D eigenvalue weighted by molar-refractivity contribution is 7.22. The first-order valence-corrected chi connectivity index (χ1v) is 21.2. The number of rotatable bonds is 11. The van der Waals surface area contributed by atoms with Gasteiger partial charge in [0, 0.05) is 28.6 Å². The van der Waals surface area contributed by atoms with E-state index in [4.69, 9.17) is 56.6 Å². The number of para-hydroxylation sites is 1. The van der Waals surface area contributed by atoms with E-state index in [0.717, 1.165) is 0 Å². The van der Waals surface area contributed by atoms with E-state index in [1.54, 1.807) is 55.8 Å². The molecule has 0 radical (unpaired) electrons. The van der Waals surface area contributed by atoms with Crippen molar-refractivity contribution in [2.24, 2.45) is 0 Å². The van der Waals surface area contributed by atoms with Gasteiger partial charge >= 0.3 is 5.97 Å². The van der Waals surface area contributed by atoms with Crippen LogP contribution < -0.4 is 23.7 Å². The topological polar surface area (TPSA) is 144 Å². The summed E-state index contributed by atoms with van der Waals surface area (Å²) in [7, 11) is 1.58. The molecule has 12 nitrogen and oxygen atoms in total. The average molecular weight is 910 g/mol. The van der Waals surface area contributed by atoms with E-state index in [9.17, 15) is 14.3 Å². The van der Waals surface area contributed by atoms with E-state index >= 15 is 0 Å². The number of carbonyl (C=O) groups is 1. The SMILES string of the molecule is C=CCOC[C@@H]1COc2ccc(OCc3ccnc(-c4ccccc4OC)n3)c(c2)C[C@H](C(=O)O)Oc2ncnc3sc(-c4ccc(F)cc4)c(c23)-c2c(C)c(Cl)c(c(Cl)c2C)O1. The number of nitrogens with zero attached hydrogens (tertiary/aromatic N) is 4. The molecule has 0 spiro atoms. The predicted octanol–water partition coefficient (Wildman–Crippen LogP) is 10.5. The Morgan fingerprint density at radius 2 is 1.76 bits per heavy atom. The fourth-order valence-electron chi connectivity index (χ4n) is 7.26. The molecular formula is C47H39Cl2FN4O8S.